The number of rotatable bonds is 6. The minimum absolute atomic E-state index is 0.0622. The maximum absolute atomic E-state index is 10.7. The van der Waals surface area contributed by atoms with E-state index in [-0.39, 0.29) is 5.75 Å². The summed E-state index contributed by atoms with van der Waals surface area (Å²) in [5, 5.41) is 0. The Hall–Kier alpha value is 0.160. The van der Waals surface area contributed by atoms with Crippen molar-refractivity contribution >= 4 is 19.7 Å². The zero-order valence-corrected chi connectivity index (χ0v) is 11.3. The van der Waals surface area contributed by atoms with Crippen molar-refractivity contribution in [1.82, 2.24) is 4.90 Å². The molecule has 0 N–H and O–H groups in total. The highest BCUT2D eigenvalue weighted by Crippen LogP contribution is 2.15. The summed E-state index contributed by atoms with van der Waals surface area (Å²) in [6.07, 6.45) is 2.82. The molecule has 1 saturated heterocycles. The summed E-state index contributed by atoms with van der Waals surface area (Å²) < 4.78 is 26.8. The molecule has 0 spiro atoms. The average molecular weight is 270 g/mol. The van der Waals surface area contributed by atoms with Crippen LogP contribution in [0.25, 0.3) is 0 Å². The third-order valence-corrected chi connectivity index (χ3v) is 4.08. The third-order valence-electron chi connectivity index (χ3n) is 2.84. The van der Waals surface area contributed by atoms with Crippen molar-refractivity contribution < 1.29 is 13.2 Å². The van der Waals surface area contributed by atoms with E-state index >= 15 is 0 Å². The molecule has 0 aromatic carbocycles. The van der Waals surface area contributed by atoms with Gasteiger partial charge in [-0.25, -0.2) is 8.42 Å². The predicted molar refractivity (Wildman–Crippen MR) is 65.3 cm³/mol. The first kappa shape index (κ1) is 14.2. The van der Waals surface area contributed by atoms with Gasteiger partial charge in [0.2, 0.25) is 9.05 Å². The first-order chi connectivity index (χ1) is 7.47. The van der Waals surface area contributed by atoms with Crippen molar-refractivity contribution in [3.8, 4) is 0 Å². The lowest BCUT2D eigenvalue weighted by Crippen LogP contribution is -2.30. The monoisotopic (exact) mass is 269 g/mol. The Morgan fingerprint density at radius 2 is 2.00 bits per heavy atom. The lowest BCUT2D eigenvalue weighted by atomic mass is 10.00. The molecule has 0 unspecified atom stereocenters. The second-order valence-corrected chi connectivity index (χ2v) is 7.31. The first-order valence-corrected chi connectivity index (χ1v) is 8.14. The molecule has 4 nitrogen and oxygen atoms in total. The molecule has 0 radical (unpaired) electrons. The number of halogens is 1. The molecule has 6 heteroatoms. The van der Waals surface area contributed by atoms with Crippen molar-refractivity contribution in [1.29, 1.82) is 0 Å². The van der Waals surface area contributed by atoms with Gasteiger partial charge in [-0.05, 0) is 38.8 Å². The van der Waals surface area contributed by atoms with Gasteiger partial charge in [0.1, 0.15) is 0 Å². The van der Waals surface area contributed by atoms with E-state index < -0.39 is 9.05 Å². The van der Waals surface area contributed by atoms with E-state index in [1.807, 2.05) is 7.05 Å². The Labute approximate surface area is 102 Å². The van der Waals surface area contributed by atoms with Crippen LogP contribution >= 0.6 is 10.7 Å². The molecule has 0 aromatic rings. The van der Waals surface area contributed by atoms with Gasteiger partial charge in [0.25, 0.3) is 0 Å². The molecular formula is C10H20ClNO3S. The van der Waals surface area contributed by atoms with Crippen LogP contribution in [-0.4, -0.2) is 52.4 Å². The largest absolute Gasteiger partial charge is 0.381 e. The van der Waals surface area contributed by atoms with Gasteiger partial charge in [-0.15, -0.1) is 0 Å². The van der Waals surface area contributed by atoms with Crippen LogP contribution < -0.4 is 0 Å². The fraction of sp³-hybridized carbons (Fsp3) is 1.00. The van der Waals surface area contributed by atoms with Gasteiger partial charge in [-0.1, -0.05) is 0 Å². The van der Waals surface area contributed by atoms with Crippen molar-refractivity contribution in [3.63, 3.8) is 0 Å². The van der Waals surface area contributed by atoms with E-state index in [4.69, 9.17) is 15.4 Å². The number of hydrogen-bond acceptors (Lipinski definition) is 4. The highest BCUT2D eigenvalue weighted by molar-refractivity contribution is 8.13. The number of ether oxygens (including phenoxy) is 1. The summed E-state index contributed by atoms with van der Waals surface area (Å²) in [5.41, 5.74) is 0. The molecule has 96 valence electrons. The highest BCUT2D eigenvalue weighted by atomic mass is 35.7. The van der Waals surface area contributed by atoms with Crippen LogP contribution in [0.1, 0.15) is 19.3 Å². The van der Waals surface area contributed by atoms with Crippen molar-refractivity contribution in [2.24, 2.45) is 5.92 Å². The van der Waals surface area contributed by atoms with Gasteiger partial charge in [-0.2, -0.15) is 0 Å². The maximum Gasteiger partial charge on any atom is 0.232 e. The molecule has 1 aliphatic rings. The predicted octanol–water partition coefficient (Wildman–Crippen LogP) is 1.30. The van der Waals surface area contributed by atoms with E-state index in [0.29, 0.717) is 12.3 Å². The van der Waals surface area contributed by atoms with Gasteiger partial charge in [-0.3, -0.25) is 0 Å². The Bertz CT molecular complexity index is 288. The second kappa shape index (κ2) is 6.79. The summed E-state index contributed by atoms with van der Waals surface area (Å²) in [7, 11) is 3.84. The average Bonchev–Trinajstić information content (AvgIpc) is 2.17. The molecule has 0 atom stereocenters. The quantitative estimate of drug-likeness (QED) is 0.682. The molecule has 0 aromatic heterocycles. The smallest absolute Gasteiger partial charge is 0.232 e. The molecule has 0 saturated carbocycles. The van der Waals surface area contributed by atoms with Crippen molar-refractivity contribution in [3.05, 3.63) is 0 Å². The first-order valence-electron chi connectivity index (χ1n) is 5.66. The lowest BCUT2D eigenvalue weighted by Gasteiger charge is -2.26. The zero-order chi connectivity index (χ0) is 12.0. The number of hydrogen-bond donors (Lipinski definition) is 0. The molecule has 1 heterocycles. The van der Waals surface area contributed by atoms with E-state index in [9.17, 15) is 8.42 Å². The third kappa shape index (κ3) is 6.68. The summed E-state index contributed by atoms with van der Waals surface area (Å²) in [4.78, 5) is 2.18. The minimum Gasteiger partial charge on any atom is -0.381 e. The van der Waals surface area contributed by atoms with Crippen LogP contribution in [0.15, 0.2) is 0 Å². The van der Waals surface area contributed by atoms with Crippen molar-refractivity contribution in [2.75, 3.05) is 39.1 Å². The molecule has 1 rings (SSSR count). The van der Waals surface area contributed by atoms with Gasteiger partial charge >= 0.3 is 0 Å². The molecule has 0 bridgehead atoms. The Kier molecular flexibility index (Phi) is 6.03. The van der Waals surface area contributed by atoms with Gasteiger partial charge in [0, 0.05) is 30.4 Å². The Morgan fingerprint density at radius 3 is 2.56 bits per heavy atom. The van der Waals surface area contributed by atoms with E-state index in [1.54, 1.807) is 0 Å². The van der Waals surface area contributed by atoms with Crippen LogP contribution in [0.3, 0.4) is 0 Å². The molecule has 16 heavy (non-hydrogen) atoms. The summed E-state index contributed by atoms with van der Waals surface area (Å²) >= 11 is 0. The van der Waals surface area contributed by atoms with Crippen molar-refractivity contribution in [2.45, 2.75) is 19.3 Å². The molecule has 1 aliphatic heterocycles. The summed E-state index contributed by atoms with van der Waals surface area (Å²) in [5.74, 6) is 0.749. The van der Waals surface area contributed by atoms with Crippen LogP contribution in [0.2, 0.25) is 0 Å². The topological polar surface area (TPSA) is 46.6 Å². The van der Waals surface area contributed by atoms with E-state index in [0.717, 1.165) is 39.1 Å². The van der Waals surface area contributed by atoms with Gasteiger partial charge in [0.15, 0.2) is 0 Å². The van der Waals surface area contributed by atoms with Crippen LogP contribution in [0, 0.1) is 5.92 Å². The summed E-state index contributed by atoms with van der Waals surface area (Å²) in [6.45, 7) is 3.51. The lowest BCUT2D eigenvalue weighted by molar-refractivity contribution is 0.0558. The standard InChI is InChI=1S/C10H20ClNO3S/c1-12(5-2-8-16(11,13)14)9-10-3-6-15-7-4-10/h10H,2-9H2,1H3. The summed E-state index contributed by atoms with van der Waals surface area (Å²) in [6, 6.07) is 0. The minimum atomic E-state index is -3.33. The van der Waals surface area contributed by atoms with Gasteiger partial charge in [0.05, 0.1) is 5.75 Å². The van der Waals surface area contributed by atoms with Crippen LogP contribution in [-0.2, 0) is 13.8 Å². The van der Waals surface area contributed by atoms with Gasteiger partial charge < -0.3 is 9.64 Å². The molecule has 0 aliphatic carbocycles. The van der Waals surface area contributed by atoms with Crippen LogP contribution in [0.5, 0.6) is 0 Å². The SMILES string of the molecule is CN(CCCS(=O)(=O)Cl)CC1CCOCC1. The Balaban J connectivity index is 2.12. The Morgan fingerprint density at radius 1 is 1.38 bits per heavy atom. The normalized spacial score (nSPS) is 19.2. The second-order valence-electron chi connectivity index (χ2n) is 4.41. The fourth-order valence-electron chi connectivity index (χ4n) is 1.97. The van der Waals surface area contributed by atoms with Crippen LogP contribution in [0.4, 0.5) is 0 Å². The zero-order valence-electron chi connectivity index (χ0n) is 9.69. The fourth-order valence-corrected chi connectivity index (χ4v) is 2.77. The van der Waals surface area contributed by atoms with E-state index in [2.05, 4.69) is 4.90 Å². The molecule has 0 amide bonds. The highest BCUT2D eigenvalue weighted by Gasteiger charge is 2.15. The maximum atomic E-state index is 10.7. The van der Waals surface area contributed by atoms with E-state index in [1.165, 1.54) is 0 Å². The number of nitrogens with zero attached hydrogens (tertiary/aromatic N) is 1. The molecular weight excluding hydrogens is 250 g/mol. The molecule has 1 fully saturated rings.